The summed E-state index contributed by atoms with van der Waals surface area (Å²) in [6.45, 7) is 1.71. The highest BCUT2D eigenvalue weighted by Gasteiger charge is 2.27. The summed E-state index contributed by atoms with van der Waals surface area (Å²) in [5.41, 5.74) is 1.89. The van der Waals surface area contributed by atoms with Gasteiger partial charge in [0, 0.05) is 6.04 Å². The molecule has 0 bridgehead atoms. The average molecular weight is 246 g/mol. The van der Waals surface area contributed by atoms with Crippen LogP contribution in [0.15, 0.2) is 30.7 Å². The van der Waals surface area contributed by atoms with Crippen molar-refractivity contribution in [3.63, 3.8) is 0 Å². The summed E-state index contributed by atoms with van der Waals surface area (Å²) in [5, 5.41) is 10.3. The number of imidazole rings is 1. The third-order valence-electron chi connectivity index (χ3n) is 3.43. The second-order valence-corrected chi connectivity index (χ2v) is 4.87. The molecule has 3 nitrogen and oxygen atoms in total. The molecule has 0 amide bonds. The Morgan fingerprint density at radius 2 is 2.22 bits per heavy atom. The van der Waals surface area contributed by atoms with Gasteiger partial charge in [-0.3, -0.25) is 0 Å². The van der Waals surface area contributed by atoms with Crippen LogP contribution in [0.5, 0.6) is 0 Å². The van der Waals surface area contributed by atoms with Gasteiger partial charge in [-0.1, -0.05) is 12.1 Å². The zero-order valence-electron chi connectivity index (χ0n) is 10.2. The van der Waals surface area contributed by atoms with Gasteiger partial charge in [0.25, 0.3) is 0 Å². The lowest BCUT2D eigenvalue weighted by molar-refractivity contribution is 0.209. The lowest BCUT2D eigenvalue weighted by Crippen LogP contribution is -2.07. The van der Waals surface area contributed by atoms with Crippen molar-refractivity contribution in [3.05, 3.63) is 53.4 Å². The van der Waals surface area contributed by atoms with E-state index in [9.17, 15) is 9.50 Å². The molecule has 1 aromatic carbocycles. The van der Waals surface area contributed by atoms with E-state index in [1.165, 1.54) is 6.07 Å². The summed E-state index contributed by atoms with van der Waals surface area (Å²) in [7, 11) is 0. The van der Waals surface area contributed by atoms with E-state index in [1.54, 1.807) is 31.6 Å². The number of hydrogen-bond donors (Lipinski definition) is 1. The van der Waals surface area contributed by atoms with E-state index in [0.717, 1.165) is 18.5 Å². The largest absolute Gasteiger partial charge is 0.382 e. The molecule has 1 aromatic heterocycles. The molecule has 1 aliphatic rings. The fourth-order valence-corrected chi connectivity index (χ4v) is 2.13. The molecule has 0 radical (unpaired) electrons. The molecular formula is C14H15FN2O. The maximum atomic E-state index is 13.5. The molecule has 18 heavy (non-hydrogen) atoms. The number of rotatable bonds is 3. The first-order valence-corrected chi connectivity index (χ1v) is 6.12. The molecule has 4 heteroatoms. The van der Waals surface area contributed by atoms with Crippen LogP contribution in [-0.2, 0) is 0 Å². The molecule has 0 spiro atoms. The zero-order valence-corrected chi connectivity index (χ0v) is 10.2. The van der Waals surface area contributed by atoms with Crippen molar-refractivity contribution in [3.8, 4) is 0 Å². The van der Waals surface area contributed by atoms with Crippen molar-refractivity contribution in [1.29, 1.82) is 0 Å². The van der Waals surface area contributed by atoms with E-state index >= 15 is 0 Å². The summed E-state index contributed by atoms with van der Waals surface area (Å²) < 4.78 is 15.5. The van der Waals surface area contributed by atoms with Gasteiger partial charge in [0.15, 0.2) is 0 Å². The third-order valence-corrected chi connectivity index (χ3v) is 3.43. The smallest absolute Gasteiger partial charge is 0.126 e. The SMILES string of the molecule is Cc1ccc(C(O)c2cncn2C2CC2)cc1F. The Kier molecular flexibility index (Phi) is 2.67. The Morgan fingerprint density at radius 3 is 2.89 bits per heavy atom. The minimum Gasteiger partial charge on any atom is -0.382 e. The van der Waals surface area contributed by atoms with Gasteiger partial charge in [-0.05, 0) is 37.0 Å². The number of halogens is 1. The lowest BCUT2D eigenvalue weighted by Gasteiger charge is -2.14. The standard InChI is InChI=1S/C14H15FN2O/c1-9-2-3-10(6-12(9)15)14(18)13-7-16-8-17(13)11-4-5-11/h2-3,6-8,11,14,18H,4-5H2,1H3. The minimum atomic E-state index is -0.816. The first-order valence-electron chi connectivity index (χ1n) is 6.12. The van der Waals surface area contributed by atoms with Gasteiger partial charge >= 0.3 is 0 Å². The third kappa shape index (κ3) is 1.93. The molecule has 1 atom stereocenters. The van der Waals surface area contributed by atoms with Crippen LogP contribution in [0, 0.1) is 12.7 Å². The van der Waals surface area contributed by atoms with Gasteiger partial charge in [-0.15, -0.1) is 0 Å². The van der Waals surface area contributed by atoms with Crippen molar-refractivity contribution >= 4 is 0 Å². The molecule has 1 saturated carbocycles. The number of aromatic nitrogens is 2. The fourth-order valence-electron chi connectivity index (χ4n) is 2.13. The quantitative estimate of drug-likeness (QED) is 0.904. The fraction of sp³-hybridized carbons (Fsp3) is 0.357. The van der Waals surface area contributed by atoms with Gasteiger partial charge in [-0.2, -0.15) is 0 Å². The normalized spacial score (nSPS) is 16.8. The van der Waals surface area contributed by atoms with E-state index in [4.69, 9.17) is 0 Å². The number of hydrogen-bond acceptors (Lipinski definition) is 2. The summed E-state index contributed by atoms with van der Waals surface area (Å²) in [6.07, 6.45) is 4.82. The Morgan fingerprint density at radius 1 is 1.44 bits per heavy atom. The van der Waals surface area contributed by atoms with Gasteiger partial charge in [0.2, 0.25) is 0 Å². The van der Waals surface area contributed by atoms with E-state index in [-0.39, 0.29) is 5.82 Å². The molecule has 2 aromatic rings. The van der Waals surface area contributed by atoms with Crippen LogP contribution in [0.4, 0.5) is 4.39 Å². The van der Waals surface area contributed by atoms with Crippen LogP contribution in [0.25, 0.3) is 0 Å². The Balaban J connectivity index is 1.95. The average Bonchev–Trinajstić information content (AvgIpc) is 3.09. The first-order chi connectivity index (χ1) is 8.66. The Bertz CT molecular complexity index is 575. The number of nitrogens with zero attached hydrogens (tertiary/aromatic N) is 2. The predicted molar refractivity (Wildman–Crippen MR) is 65.7 cm³/mol. The summed E-state index contributed by atoms with van der Waals surface area (Å²) >= 11 is 0. The Hall–Kier alpha value is -1.68. The van der Waals surface area contributed by atoms with Crippen LogP contribution in [0.1, 0.15) is 41.8 Å². The maximum Gasteiger partial charge on any atom is 0.126 e. The first kappa shape index (κ1) is 11.4. The number of aliphatic hydroxyl groups excluding tert-OH is 1. The topological polar surface area (TPSA) is 38.1 Å². The van der Waals surface area contributed by atoms with E-state index < -0.39 is 6.10 Å². The van der Waals surface area contributed by atoms with Gasteiger partial charge in [-0.25, -0.2) is 9.37 Å². The summed E-state index contributed by atoms with van der Waals surface area (Å²) in [5.74, 6) is -0.288. The van der Waals surface area contributed by atoms with E-state index in [1.807, 2.05) is 4.57 Å². The van der Waals surface area contributed by atoms with Crippen molar-refractivity contribution < 1.29 is 9.50 Å². The van der Waals surface area contributed by atoms with Crippen molar-refractivity contribution in [2.75, 3.05) is 0 Å². The minimum absolute atomic E-state index is 0.288. The second kappa shape index (κ2) is 4.21. The molecule has 1 N–H and O–H groups in total. The van der Waals surface area contributed by atoms with Gasteiger partial charge in [0.05, 0.1) is 18.2 Å². The highest BCUT2D eigenvalue weighted by atomic mass is 19.1. The van der Waals surface area contributed by atoms with Crippen molar-refractivity contribution in [2.45, 2.75) is 31.9 Å². The van der Waals surface area contributed by atoms with Crippen molar-refractivity contribution in [1.82, 2.24) is 9.55 Å². The molecule has 0 saturated heterocycles. The van der Waals surface area contributed by atoms with Crippen molar-refractivity contribution in [2.24, 2.45) is 0 Å². The monoisotopic (exact) mass is 246 g/mol. The van der Waals surface area contributed by atoms with Crippen LogP contribution in [0.3, 0.4) is 0 Å². The highest BCUT2D eigenvalue weighted by Crippen LogP contribution is 2.37. The number of aryl methyl sites for hydroxylation is 1. The number of aliphatic hydroxyl groups is 1. The second-order valence-electron chi connectivity index (χ2n) is 4.87. The maximum absolute atomic E-state index is 13.5. The molecule has 94 valence electrons. The van der Waals surface area contributed by atoms with Gasteiger partial charge in [0.1, 0.15) is 11.9 Å². The molecule has 1 aliphatic carbocycles. The summed E-state index contributed by atoms with van der Waals surface area (Å²) in [4.78, 5) is 4.08. The number of benzene rings is 1. The molecule has 1 unspecified atom stereocenters. The van der Waals surface area contributed by atoms with Crippen LogP contribution < -0.4 is 0 Å². The molecule has 0 aliphatic heterocycles. The van der Waals surface area contributed by atoms with Crippen LogP contribution in [0.2, 0.25) is 0 Å². The van der Waals surface area contributed by atoms with E-state index in [2.05, 4.69) is 4.98 Å². The van der Waals surface area contributed by atoms with Gasteiger partial charge < -0.3 is 9.67 Å². The molecule has 1 heterocycles. The lowest BCUT2D eigenvalue weighted by atomic mass is 10.0. The highest BCUT2D eigenvalue weighted by molar-refractivity contribution is 5.29. The van der Waals surface area contributed by atoms with Crippen LogP contribution >= 0.6 is 0 Å². The Labute approximate surface area is 105 Å². The molecule has 1 fully saturated rings. The van der Waals surface area contributed by atoms with E-state index in [0.29, 0.717) is 17.2 Å². The molecular weight excluding hydrogens is 231 g/mol. The molecule has 3 rings (SSSR count). The zero-order chi connectivity index (χ0) is 12.7. The summed E-state index contributed by atoms with van der Waals surface area (Å²) in [6, 6.07) is 5.29. The predicted octanol–water partition coefficient (Wildman–Crippen LogP) is 2.75. The van der Waals surface area contributed by atoms with Crippen LogP contribution in [-0.4, -0.2) is 14.7 Å².